The van der Waals surface area contributed by atoms with E-state index in [9.17, 15) is 0 Å². The molecule has 0 spiro atoms. The van der Waals surface area contributed by atoms with E-state index in [1.165, 1.54) is 0 Å². The Morgan fingerprint density at radius 2 is 2.12 bits per heavy atom. The largest absolute Gasteiger partial charge is 0.437 e. The molecule has 0 aliphatic rings. The molecule has 0 unspecified atom stereocenters. The molecule has 3 heteroatoms. The minimum Gasteiger partial charge on any atom is -0.437 e. The zero-order chi connectivity index (χ0) is 6.57. The summed E-state index contributed by atoms with van der Waals surface area (Å²) in [6.07, 6.45) is 0. The summed E-state index contributed by atoms with van der Waals surface area (Å²) in [4.78, 5) is 0. The van der Waals surface area contributed by atoms with E-state index in [-0.39, 0.29) is 7.05 Å². The smallest absolute Gasteiger partial charge is 0.373 e. The van der Waals surface area contributed by atoms with E-state index < -0.39 is 0 Å². The van der Waals surface area contributed by atoms with Gasteiger partial charge in [-0.2, -0.15) is 0 Å². The minimum absolute atomic E-state index is 0.364. The number of hydrogen-bond acceptors (Lipinski definition) is 2. The van der Waals surface area contributed by atoms with Crippen LogP contribution in [0.3, 0.4) is 0 Å². The molecule has 0 saturated carbocycles. The van der Waals surface area contributed by atoms with E-state index in [1.807, 2.05) is 0 Å². The van der Waals surface area contributed by atoms with Gasteiger partial charge in [-0.1, -0.05) is 13.8 Å². The molecule has 0 amide bonds. The molecule has 0 aliphatic carbocycles. The lowest BCUT2D eigenvalue weighted by atomic mass is 9.88. The van der Waals surface area contributed by atoms with Gasteiger partial charge >= 0.3 is 7.05 Å². The Morgan fingerprint density at radius 3 is 2.25 bits per heavy atom. The van der Waals surface area contributed by atoms with E-state index in [4.69, 9.17) is 5.02 Å². The Morgan fingerprint density at radius 1 is 1.62 bits per heavy atom. The van der Waals surface area contributed by atoms with E-state index in [0.717, 1.165) is 6.54 Å². The van der Waals surface area contributed by atoms with E-state index in [1.54, 1.807) is 6.82 Å². The van der Waals surface area contributed by atoms with Gasteiger partial charge in [0.15, 0.2) is 0 Å². The summed E-state index contributed by atoms with van der Waals surface area (Å²) in [6, 6.07) is 0. The van der Waals surface area contributed by atoms with Crippen LogP contribution in [-0.2, 0) is 0 Å². The summed E-state index contributed by atoms with van der Waals surface area (Å²) >= 11 is 0. The van der Waals surface area contributed by atoms with Gasteiger partial charge in [0, 0.05) is 0 Å². The van der Waals surface area contributed by atoms with Crippen molar-refractivity contribution in [3.63, 3.8) is 0 Å². The van der Waals surface area contributed by atoms with Crippen LogP contribution in [0, 0.1) is 5.92 Å². The van der Waals surface area contributed by atoms with Crippen molar-refractivity contribution in [1.82, 2.24) is 5.23 Å². The highest BCUT2D eigenvalue weighted by atomic mass is 16.2. The van der Waals surface area contributed by atoms with Crippen molar-refractivity contribution >= 4 is 7.05 Å². The Kier molecular flexibility index (Phi) is 3.92. The fourth-order valence-electron chi connectivity index (χ4n) is 0.406. The van der Waals surface area contributed by atoms with Crippen molar-refractivity contribution in [3.8, 4) is 0 Å². The Bertz CT molecular complexity index is 48.4. The van der Waals surface area contributed by atoms with Crippen LogP contribution in [0.25, 0.3) is 0 Å². The first-order valence-corrected chi connectivity index (χ1v) is 3.04. The molecule has 0 aromatic rings. The minimum atomic E-state index is -0.364. The van der Waals surface area contributed by atoms with Gasteiger partial charge in [-0.05, 0) is 19.3 Å². The summed E-state index contributed by atoms with van der Waals surface area (Å²) in [6.45, 7) is 6.82. The second-order valence-electron chi connectivity index (χ2n) is 2.48. The molecule has 2 N–H and O–H groups in total. The Labute approximate surface area is 51.4 Å². The second-order valence-corrected chi connectivity index (χ2v) is 2.48. The SMILES string of the molecule is CB(O)NCC(C)C. The van der Waals surface area contributed by atoms with Crippen LogP contribution in [0.1, 0.15) is 13.8 Å². The predicted molar refractivity (Wildman–Crippen MR) is 36.7 cm³/mol. The molecule has 48 valence electrons. The van der Waals surface area contributed by atoms with Crippen molar-refractivity contribution in [2.45, 2.75) is 20.7 Å². The zero-order valence-electron chi connectivity index (χ0n) is 5.81. The molecule has 0 heterocycles. The second kappa shape index (κ2) is 3.92. The molecule has 0 saturated heterocycles. The van der Waals surface area contributed by atoms with Crippen molar-refractivity contribution < 1.29 is 5.02 Å². The lowest BCUT2D eigenvalue weighted by Crippen LogP contribution is -2.33. The van der Waals surface area contributed by atoms with Crippen LogP contribution in [0.4, 0.5) is 0 Å². The standard InChI is InChI=1S/C5H14BNO/c1-5(2)4-7-6(3)8/h5,7-8H,4H2,1-3H3. The molecular weight excluding hydrogens is 101 g/mol. The van der Waals surface area contributed by atoms with Gasteiger partial charge in [-0.3, -0.25) is 0 Å². The molecule has 0 aromatic carbocycles. The van der Waals surface area contributed by atoms with Crippen LogP contribution in [0.15, 0.2) is 0 Å². The van der Waals surface area contributed by atoms with E-state index in [2.05, 4.69) is 19.1 Å². The number of nitrogens with one attached hydrogen (secondary N) is 1. The van der Waals surface area contributed by atoms with Gasteiger partial charge in [-0.25, -0.2) is 0 Å². The molecule has 2 nitrogen and oxygen atoms in total. The average molecular weight is 115 g/mol. The maximum absolute atomic E-state index is 8.69. The normalized spacial score (nSPS) is 10.1. The lowest BCUT2D eigenvalue weighted by Gasteiger charge is -2.05. The van der Waals surface area contributed by atoms with Crippen molar-refractivity contribution in [2.75, 3.05) is 6.54 Å². The molecular formula is C5H14BNO. The van der Waals surface area contributed by atoms with E-state index >= 15 is 0 Å². The molecule has 8 heavy (non-hydrogen) atoms. The van der Waals surface area contributed by atoms with Gasteiger partial charge in [0.1, 0.15) is 0 Å². The average Bonchev–Trinajstić information content (AvgIpc) is 1.61. The topological polar surface area (TPSA) is 32.3 Å². The highest BCUT2D eigenvalue weighted by molar-refractivity contribution is 6.45. The van der Waals surface area contributed by atoms with Crippen molar-refractivity contribution in [2.24, 2.45) is 5.92 Å². The molecule has 0 bridgehead atoms. The predicted octanol–water partition coefficient (Wildman–Crippen LogP) is 0.342. The highest BCUT2D eigenvalue weighted by Crippen LogP contribution is 1.86. The molecule has 0 atom stereocenters. The third-order valence-corrected chi connectivity index (χ3v) is 0.822. The van der Waals surface area contributed by atoms with Crippen molar-refractivity contribution in [3.05, 3.63) is 0 Å². The molecule has 0 aromatic heterocycles. The summed E-state index contributed by atoms with van der Waals surface area (Å²) in [7, 11) is -0.364. The zero-order valence-corrected chi connectivity index (χ0v) is 5.81. The van der Waals surface area contributed by atoms with Gasteiger partial charge < -0.3 is 10.3 Å². The quantitative estimate of drug-likeness (QED) is 0.520. The fourth-order valence-corrected chi connectivity index (χ4v) is 0.406. The van der Waals surface area contributed by atoms with Gasteiger partial charge in [0.05, 0.1) is 0 Å². The van der Waals surface area contributed by atoms with Crippen molar-refractivity contribution in [1.29, 1.82) is 0 Å². The molecule has 0 fully saturated rings. The summed E-state index contributed by atoms with van der Waals surface area (Å²) in [5.74, 6) is 0.615. The first-order chi connectivity index (χ1) is 3.63. The molecule has 0 aliphatic heterocycles. The monoisotopic (exact) mass is 115 g/mol. The van der Waals surface area contributed by atoms with Gasteiger partial charge in [-0.15, -0.1) is 0 Å². The van der Waals surface area contributed by atoms with Crippen LogP contribution in [0.2, 0.25) is 6.82 Å². The fraction of sp³-hybridized carbons (Fsp3) is 1.00. The van der Waals surface area contributed by atoms with Crippen LogP contribution >= 0.6 is 0 Å². The van der Waals surface area contributed by atoms with E-state index in [0.29, 0.717) is 5.92 Å². The third kappa shape index (κ3) is 5.98. The maximum Gasteiger partial charge on any atom is 0.373 e. The third-order valence-electron chi connectivity index (χ3n) is 0.822. The summed E-state index contributed by atoms with van der Waals surface area (Å²) in [5.41, 5.74) is 0. The summed E-state index contributed by atoms with van der Waals surface area (Å²) < 4.78 is 0. The first-order valence-electron chi connectivity index (χ1n) is 3.04. The lowest BCUT2D eigenvalue weighted by molar-refractivity contribution is 0.530. The summed E-state index contributed by atoms with van der Waals surface area (Å²) in [5, 5.41) is 11.6. The maximum atomic E-state index is 8.69. The van der Waals surface area contributed by atoms with Crippen LogP contribution in [-0.4, -0.2) is 18.6 Å². The van der Waals surface area contributed by atoms with Crippen LogP contribution in [0.5, 0.6) is 0 Å². The molecule has 0 rings (SSSR count). The molecule has 0 radical (unpaired) electrons. The van der Waals surface area contributed by atoms with Gasteiger partial charge in [0.25, 0.3) is 0 Å². The van der Waals surface area contributed by atoms with Crippen LogP contribution < -0.4 is 5.23 Å². The van der Waals surface area contributed by atoms with Gasteiger partial charge in [0.2, 0.25) is 0 Å². The highest BCUT2D eigenvalue weighted by Gasteiger charge is 2.00. The number of rotatable bonds is 3. The first kappa shape index (κ1) is 7.98. The Hall–Kier alpha value is -0.0151. The number of hydrogen-bond donors (Lipinski definition) is 2. The Balaban J connectivity index is 2.93.